The number of carbonyl (C=O) groups excluding carboxylic acids is 3. The lowest BCUT2D eigenvalue weighted by molar-refractivity contribution is -0.161. The number of phosphoric acid groups is 2. The zero-order valence-electron chi connectivity index (χ0n) is 75.0. The molecule has 18 heteroatoms. The Bertz CT molecular complexity index is 2890. The van der Waals surface area contributed by atoms with Crippen LogP contribution < -0.4 is 0 Å². The third-order valence-corrected chi connectivity index (χ3v) is 21.5. The van der Waals surface area contributed by atoms with Gasteiger partial charge in [0.1, 0.15) is 25.4 Å². The molecule has 0 rings (SSSR count). The van der Waals surface area contributed by atoms with Gasteiger partial charge in [0, 0.05) is 19.3 Å². The van der Waals surface area contributed by atoms with Crippen molar-refractivity contribution in [3.63, 3.8) is 0 Å². The molecular formula is C101H170O16P2. The van der Waals surface area contributed by atoms with Gasteiger partial charge in [0.05, 0.1) is 26.4 Å². The predicted molar refractivity (Wildman–Crippen MR) is 500 cm³/mol. The minimum Gasteiger partial charge on any atom is -0.463 e. The van der Waals surface area contributed by atoms with E-state index in [0.717, 1.165) is 167 Å². The standard InChI is InChI=1S/C101H170O16P2/c1-4-7-10-13-16-19-22-25-28-31-33-35-37-39-41-43-45-47-49-51-53-55-57-59-61-64-66-69-72-75-78-81-84-87-99(104)111-90-96(102)91-113-118(107,108)114-92-97(103)93-115-119(109,110)116-95-98(117-101(106)89-86-83-80-77-74-71-68-63-30-27-24-21-18-15-12-9-6-3)94-112-100(105)88-85-82-79-76-73-70-67-65-62-60-58-56-54-52-50-48-46-44-42-40-38-36-34-32-29-26-23-20-17-14-11-8-5-2/h7-12,16-21,25-30,33-36,39-42,45,47,68,71,96-98,102-103H,4-6,13-15,22-24,31-32,37-38,43-44,46,48-67,69-70,72-95H2,1-3H3,(H,107,108)(H,109,110)/b10-7-,11-8-,12-9-,19-16-,20-17-,21-18-,28-25-,29-26-,30-27-,35-33-,36-34-,41-39-,42-40-,47-45-,71-68-. The third-order valence-electron chi connectivity index (χ3n) is 19.6. The molecule has 0 aromatic rings. The molecule has 5 unspecified atom stereocenters. The molecule has 119 heavy (non-hydrogen) atoms. The monoisotopic (exact) mass is 1700 g/mol. The van der Waals surface area contributed by atoms with Crippen LogP contribution in [-0.4, -0.2) is 95.9 Å². The number of hydrogen-bond acceptors (Lipinski definition) is 14. The summed E-state index contributed by atoms with van der Waals surface area (Å²) in [4.78, 5) is 59.0. The molecule has 16 nitrogen and oxygen atoms in total. The highest BCUT2D eigenvalue weighted by molar-refractivity contribution is 7.47. The second-order valence-electron chi connectivity index (χ2n) is 31.0. The summed E-state index contributed by atoms with van der Waals surface area (Å²) >= 11 is 0. The first-order chi connectivity index (χ1) is 58.2. The molecular weight excluding hydrogens is 1530 g/mol. The van der Waals surface area contributed by atoms with Gasteiger partial charge in [0.15, 0.2) is 6.10 Å². The van der Waals surface area contributed by atoms with E-state index in [9.17, 15) is 43.5 Å². The van der Waals surface area contributed by atoms with Gasteiger partial charge in [-0.15, -0.1) is 0 Å². The van der Waals surface area contributed by atoms with Crippen LogP contribution in [0.3, 0.4) is 0 Å². The van der Waals surface area contributed by atoms with Gasteiger partial charge < -0.3 is 34.2 Å². The highest BCUT2D eigenvalue weighted by Gasteiger charge is 2.29. The van der Waals surface area contributed by atoms with Gasteiger partial charge in [-0.3, -0.25) is 32.5 Å². The van der Waals surface area contributed by atoms with Crippen LogP contribution in [0.5, 0.6) is 0 Å². The molecule has 0 radical (unpaired) electrons. The van der Waals surface area contributed by atoms with Crippen LogP contribution in [0.25, 0.3) is 0 Å². The SMILES string of the molecule is CC/C=C\C/C=C\C/C=C\C/C=C\C/C=C\C/C=C\CCCCCCCCCCCCCCCCC(=O)OCC(O)COP(=O)(O)OCC(O)COP(=O)(O)OCC(COC(=O)CCCCCCCCCCCCCCCCCCC/C=C\C/C=C\C/C=C\C/C=C\C/C=C\CC)OC(=O)CCCCCC/C=C\C/C=C\C/C=C\C/C=C\CC. The largest absolute Gasteiger partial charge is 0.472 e. The van der Waals surface area contributed by atoms with Crippen molar-refractivity contribution in [3.05, 3.63) is 182 Å². The zero-order valence-corrected chi connectivity index (χ0v) is 76.8. The van der Waals surface area contributed by atoms with E-state index < -0.39 is 91.5 Å². The predicted octanol–water partition coefficient (Wildman–Crippen LogP) is 29.2. The molecule has 0 heterocycles. The van der Waals surface area contributed by atoms with Gasteiger partial charge in [-0.05, 0) is 154 Å². The molecule has 0 amide bonds. The summed E-state index contributed by atoms with van der Waals surface area (Å²) in [7, 11) is -9.82. The van der Waals surface area contributed by atoms with Gasteiger partial charge in [0.2, 0.25) is 0 Å². The first-order valence-electron chi connectivity index (χ1n) is 47.1. The Morgan fingerprint density at radius 2 is 0.420 bits per heavy atom. The lowest BCUT2D eigenvalue weighted by atomic mass is 10.0. The number of carbonyl (C=O) groups is 3. The van der Waals surface area contributed by atoms with Crippen LogP contribution >= 0.6 is 15.6 Å². The average molecular weight is 1700 g/mol. The molecule has 0 bridgehead atoms. The van der Waals surface area contributed by atoms with E-state index >= 15 is 0 Å². The summed E-state index contributed by atoms with van der Waals surface area (Å²) in [5.41, 5.74) is 0. The van der Waals surface area contributed by atoms with Crippen molar-refractivity contribution in [1.82, 2.24) is 0 Å². The van der Waals surface area contributed by atoms with Crippen molar-refractivity contribution in [2.45, 2.75) is 399 Å². The molecule has 0 aliphatic rings. The number of phosphoric ester groups is 2. The molecule has 0 aliphatic carbocycles. The zero-order chi connectivity index (χ0) is 86.5. The summed E-state index contributed by atoms with van der Waals surface area (Å²) in [6.07, 6.45) is 121. The number of hydrogen-bond donors (Lipinski definition) is 4. The van der Waals surface area contributed by atoms with Crippen molar-refractivity contribution in [2.75, 3.05) is 39.6 Å². The Kier molecular flexibility index (Phi) is 87.7. The molecule has 680 valence electrons. The topological polar surface area (TPSA) is 231 Å². The smallest absolute Gasteiger partial charge is 0.463 e. The molecule has 0 aliphatic heterocycles. The van der Waals surface area contributed by atoms with Crippen LogP contribution in [0.2, 0.25) is 0 Å². The number of rotatable bonds is 88. The quantitative estimate of drug-likeness (QED) is 0.0146. The van der Waals surface area contributed by atoms with Crippen LogP contribution in [0.1, 0.15) is 380 Å². The van der Waals surface area contributed by atoms with Gasteiger partial charge >= 0.3 is 33.6 Å². The fourth-order valence-corrected chi connectivity index (χ4v) is 14.2. The Balaban J connectivity index is 4.50. The normalized spacial score (nSPS) is 14.6. The van der Waals surface area contributed by atoms with Crippen LogP contribution in [-0.2, 0) is 55.8 Å². The van der Waals surface area contributed by atoms with E-state index in [2.05, 4.69) is 203 Å². The average Bonchev–Trinajstić information content (AvgIpc) is 0.899. The number of aliphatic hydroxyl groups excluding tert-OH is 2. The maximum absolute atomic E-state index is 13.0. The Morgan fingerprint density at radius 1 is 0.235 bits per heavy atom. The van der Waals surface area contributed by atoms with Crippen molar-refractivity contribution in [1.29, 1.82) is 0 Å². The maximum atomic E-state index is 13.0. The molecule has 0 spiro atoms. The summed E-state index contributed by atoms with van der Waals surface area (Å²) in [5, 5.41) is 20.7. The first kappa shape index (κ1) is 114. The van der Waals surface area contributed by atoms with Crippen LogP contribution in [0, 0.1) is 0 Å². The Labute approximate surface area is 725 Å². The summed E-state index contributed by atoms with van der Waals surface area (Å²) in [5.74, 6) is -1.60. The van der Waals surface area contributed by atoms with Gasteiger partial charge in [-0.2, -0.15) is 0 Å². The Morgan fingerprint density at radius 3 is 0.664 bits per heavy atom. The minimum absolute atomic E-state index is 0.0737. The van der Waals surface area contributed by atoms with E-state index in [1.807, 2.05) is 0 Å². The third kappa shape index (κ3) is 93.2. The second kappa shape index (κ2) is 91.8. The fourth-order valence-electron chi connectivity index (χ4n) is 12.6. The van der Waals surface area contributed by atoms with E-state index in [1.165, 1.54) is 154 Å². The lowest BCUT2D eigenvalue weighted by Crippen LogP contribution is -2.30. The van der Waals surface area contributed by atoms with E-state index in [1.54, 1.807) is 0 Å². The van der Waals surface area contributed by atoms with E-state index in [-0.39, 0.29) is 19.3 Å². The van der Waals surface area contributed by atoms with Crippen molar-refractivity contribution < 1.29 is 75.8 Å². The molecule has 5 atom stereocenters. The highest BCUT2D eigenvalue weighted by Crippen LogP contribution is 2.45. The number of aliphatic hydroxyl groups is 2. The number of ether oxygens (including phenoxy) is 3. The van der Waals surface area contributed by atoms with E-state index in [0.29, 0.717) is 19.3 Å². The summed E-state index contributed by atoms with van der Waals surface area (Å²) in [6, 6.07) is 0. The van der Waals surface area contributed by atoms with Gasteiger partial charge in [-0.25, -0.2) is 9.13 Å². The number of esters is 3. The fraction of sp³-hybridized carbons (Fsp3) is 0.673. The first-order valence-corrected chi connectivity index (χ1v) is 50.1. The molecule has 0 saturated carbocycles. The van der Waals surface area contributed by atoms with Crippen molar-refractivity contribution in [2.24, 2.45) is 0 Å². The van der Waals surface area contributed by atoms with Gasteiger partial charge in [0.25, 0.3) is 0 Å². The molecule has 0 saturated heterocycles. The molecule has 0 fully saturated rings. The minimum atomic E-state index is -4.95. The van der Waals surface area contributed by atoms with Gasteiger partial charge in [-0.1, -0.05) is 389 Å². The second-order valence-corrected chi connectivity index (χ2v) is 33.9. The Hall–Kier alpha value is -5.35. The summed E-state index contributed by atoms with van der Waals surface area (Å²) in [6.45, 7) is 2.35. The van der Waals surface area contributed by atoms with Crippen LogP contribution in [0.15, 0.2) is 182 Å². The van der Waals surface area contributed by atoms with Crippen molar-refractivity contribution in [3.8, 4) is 0 Å². The molecule has 0 aromatic carbocycles. The molecule has 4 N–H and O–H groups in total. The summed E-state index contributed by atoms with van der Waals surface area (Å²) < 4.78 is 61.4. The molecule has 0 aromatic heterocycles. The highest BCUT2D eigenvalue weighted by atomic mass is 31.2. The van der Waals surface area contributed by atoms with Crippen LogP contribution in [0.4, 0.5) is 0 Å². The lowest BCUT2D eigenvalue weighted by Gasteiger charge is -2.21. The van der Waals surface area contributed by atoms with Crippen molar-refractivity contribution >= 4 is 33.6 Å². The number of allylic oxidation sites excluding steroid dienone is 30. The maximum Gasteiger partial charge on any atom is 0.472 e. The van der Waals surface area contributed by atoms with E-state index in [4.69, 9.17) is 32.3 Å². The number of unbranched alkanes of at least 4 members (excludes halogenated alkanes) is 35.